The maximum atomic E-state index is 11.2. The molecular formula is C11H20OS. The molecule has 76 valence electrons. The van der Waals surface area contributed by atoms with E-state index in [0.717, 1.165) is 4.86 Å². The van der Waals surface area contributed by atoms with E-state index in [9.17, 15) is 4.79 Å². The molecular weight excluding hydrogens is 180 g/mol. The Morgan fingerprint density at radius 1 is 1.38 bits per heavy atom. The molecule has 13 heavy (non-hydrogen) atoms. The zero-order chi connectivity index (χ0) is 10.6. The van der Waals surface area contributed by atoms with Crippen LogP contribution in [0.3, 0.4) is 0 Å². The Balaban J connectivity index is 4.20. The molecule has 0 amide bonds. The van der Waals surface area contributed by atoms with Crippen LogP contribution in [-0.2, 0) is 4.79 Å². The van der Waals surface area contributed by atoms with E-state index >= 15 is 0 Å². The van der Waals surface area contributed by atoms with Crippen molar-refractivity contribution in [3.8, 4) is 0 Å². The van der Waals surface area contributed by atoms with E-state index in [1.54, 1.807) is 0 Å². The van der Waals surface area contributed by atoms with Gasteiger partial charge >= 0.3 is 0 Å². The van der Waals surface area contributed by atoms with Gasteiger partial charge in [-0.1, -0.05) is 46.8 Å². The average molecular weight is 200 g/mol. The fraction of sp³-hybridized carbons (Fsp3) is 0.818. The van der Waals surface area contributed by atoms with Crippen molar-refractivity contribution in [2.45, 2.75) is 47.5 Å². The predicted molar refractivity (Wildman–Crippen MR) is 61.1 cm³/mol. The molecule has 0 aromatic heterocycles. The quantitative estimate of drug-likeness (QED) is 0.647. The number of Topliss-reactive ketones (excluding diaryl/α,β-unsaturated/α-hetero) is 1. The number of carbonyl (C=O) groups is 1. The van der Waals surface area contributed by atoms with Gasteiger partial charge in [-0.05, 0) is 11.3 Å². The number of hydrogen-bond acceptors (Lipinski definition) is 2. The summed E-state index contributed by atoms with van der Waals surface area (Å²) >= 11 is 5.25. The van der Waals surface area contributed by atoms with Gasteiger partial charge in [-0.2, -0.15) is 0 Å². The average Bonchev–Trinajstić information content (AvgIpc) is 2.01. The van der Waals surface area contributed by atoms with E-state index in [1.165, 1.54) is 0 Å². The van der Waals surface area contributed by atoms with Crippen molar-refractivity contribution in [2.24, 2.45) is 11.3 Å². The molecule has 0 heterocycles. The van der Waals surface area contributed by atoms with Crippen molar-refractivity contribution < 1.29 is 4.79 Å². The van der Waals surface area contributed by atoms with Gasteiger partial charge in [0.15, 0.2) is 0 Å². The Kier molecular flexibility index (Phi) is 4.76. The Hall–Kier alpha value is -0.240. The Morgan fingerprint density at radius 2 is 1.85 bits per heavy atom. The first-order valence-corrected chi connectivity index (χ1v) is 5.24. The van der Waals surface area contributed by atoms with Crippen molar-refractivity contribution in [3.05, 3.63) is 0 Å². The van der Waals surface area contributed by atoms with Crippen molar-refractivity contribution in [2.75, 3.05) is 0 Å². The van der Waals surface area contributed by atoms with E-state index in [-0.39, 0.29) is 11.2 Å². The summed E-state index contributed by atoms with van der Waals surface area (Å²) in [6, 6.07) is 0. The van der Waals surface area contributed by atoms with E-state index in [4.69, 9.17) is 12.2 Å². The van der Waals surface area contributed by atoms with E-state index in [2.05, 4.69) is 27.7 Å². The lowest BCUT2D eigenvalue weighted by molar-refractivity contribution is -0.117. The molecule has 0 aromatic rings. The standard InChI is InChI=1S/C11H20OS/c1-6-9(12)7-10(13)8(2)11(3,4)5/h8H,6-7H2,1-5H3. The molecule has 0 aliphatic heterocycles. The summed E-state index contributed by atoms with van der Waals surface area (Å²) in [7, 11) is 0. The molecule has 0 aromatic carbocycles. The van der Waals surface area contributed by atoms with Crippen LogP contribution >= 0.6 is 12.2 Å². The summed E-state index contributed by atoms with van der Waals surface area (Å²) in [5.74, 6) is 0.582. The van der Waals surface area contributed by atoms with Crippen molar-refractivity contribution in [1.29, 1.82) is 0 Å². The third-order valence-corrected chi connectivity index (χ3v) is 3.05. The second kappa shape index (κ2) is 4.85. The van der Waals surface area contributed by atoms with Crippen LogP contribution in [0.2, 0.25) is 0 Å². The molecule has 1 nitrogen and oxygen atoms in total. The second-order valence-electron chi connectivity index (χ2n) is 4.62. The zero-order valence-electron chi connectivity index (χ0n) is 9.31. The largest absolute Gasteiger partial charge is 0.299 e. The molecule has 0 radical (unpaired) electrons. The van der Waals surface area contributed by atoms with Crippen molar-refractivity contribution in [1.82, 2.24) is 0 Å². The fourth-order valence-corrected chi connectivity index (χ4v) is 1.47. The number of hydrogen-bond donors (Lipinski definition) is 0. The molecule has 0 N–H and O–H groups in total. The highest BCUT2D eigenvalue weighted by molar-refractivity contribution is 7.80. The summed E-state index contributed by atoms with van der Waals surface area (Å²) in [5.41, 5.74) is 0.172. The summed E-state index contributed by atoms with van der Waals surface area (Å²) in [4.78, 5) is 12.1. The first-order valence-electron chi connectivity index (χ1n) is 4.83. The lowest BCUT2D eigenvalue weighted by Gasteiger charge is -2.27. The van der Waals surface area contributed by atoms with Crippen LogP contribution in [0.1, 0.15) is 47.5 Å². The number of rotatable bonds is 4. The highest BCUT2D eigenvalue weighted by atomic mass is 32.1. The summed E-state index contributed by atoms with van der Waals surface area (Å²) in [6.45, 7) is 10.4. The minimum Gasteiger partial charge on any atom is -0.299 e. The smallest absolute Gasteiger partial charge is 0.137 e. The molecule has 0 saturated carbocycles. The molecule has 0 saturated heterocycles. The van der Waals surface area contributed by atoms with Gasteiger partial charge in [0.2, 0.25) is 0 Å². The summed E-state index contributed by atoms with van der Waals surface area (Å²) < 4.78 is 0. The van der Waals surface area contributed by atoms with Gasteiger partial charge in [-0.25, -0.2) is 0 Å². The molecule has 0 rings (SSSR count). The van der Waals surface area contributed by atoms with E-state index < -0.39 is 0 Å². The second-order valence-corrected chi connectivity index (χ2v) is 5.15. The van der Waals surface area contributed by atoms with Crippen molar-refractivity contribution >= 4 is 22.9 Å². The SMILES string of the molecule is CCC(=O)CC(=S)C(C)C(C)(C)C. The lowest BCUT2D eigenvalue weighted by Crippen LogP contribution is -2.26. The highest BCUT2D eigenvalue weighted by Gasteiger charge is 2.24. The molecule has 0 aliphatic rings. The number of carbonyl (C=O) groups excluding carboxylic acids is 1. The Labute approximate surface area is 86.9 Å². The molecule has 0 aliphatic carbocycles. The van der Waals surface area contributed by atoms with Gasteiger partial charge < -0.3 is 0 Å². The van der Waals surface area contributed by atoms with Crippen molar-refractivity contribution in [3.63, 3.8) is 0 Å². The highest BCUT2D eigenvalue weighted by Crippen LogP contribution is 2.27. The molecule has 0 spiro atoms. The summed E-state index contributed by atoms with van der Waals surface area (Å²) in [6.07, 6.45) is 1.07. The Bertz CT molecular complexity index is 201. The molecule has 1 unspecified atom stereocenters. The molecule has 0 bridgehead atoms. The van der Waals surface area contributed by atoms with E-state index in [1.807, 2.05) is 6.92 Å². The van der Waals surface area contributed by atoms with Crippen LogP contribution in [0.4, 0.5) is 0 Å². The van der Waals surface area contributed by atoms with Crippen LogP contribution in [0.5, 0.6) is 0 Å². The summed E-state index contributed by atoms with van der Waals surface area (Å²) in [5, 5.41) is 0. The van der Waals surface area contributed by atoms with Gasteiger partial charge in [0.25, 0.3) is 0 Å². The molecule has 1 atom stereocenters. The van der Waals surface area contributed by atoms with Crippen LogP contribution < -0.4 is 0 Å². The first-order chi connectivity index (χ1) is 5.79. The van der Waals surface area contributed by atoms with Gasteiger partial charge in [0.05, 0.1) is 0 Å². The van der Waals surface area contributed by atoms with Gasteiger partial charge in [-0.3, -0.25) is 4.79 Å². The minimum atomic E-state index is 0.172. The topological polar surface area (TPSA) is 17.1 Å². The van der Waals surface area contributed by atoms with Crippen LogP contribution in [0, 0.1) is 11.3 Å². The van der Waals surface area contributed by atoms with Gasteiger partial charge in [0, 0.05) is 17.7 Å². The third kappa shape index (κ3) is 4.51. The van der Waals surface area contributed by atoms with E-state index in [0.29, 0.717) is 18.8 Å². The fourth-order valence-electron chi connectivity index (χ4n) is 0.955. The van der Waals surface area contributed by atoms with Gasteiger partial charge in [-0.15, -0.1) is 0 Å². The first kappa shape index (κ1) is 12.8. The lowest BCUT2D eigenvalue weighted by atomic mass is 9.79. The Morgan fingerprint density at radius 3 is 2.15 bits per heavy atom. The normalized spacial score (nSPS) is 13.9. The molecule has 2 heteroatoms. The van der Waals surface area contributed by atoms with Crippen LogP contribution in [0.15, 0.2) is 0 Å². The van der Waals surface area contributed by atoms with Crippen LogP contribution in [-0.4, -0.2) is 10.6 Å². The number of thiocarbonyl (C=S) groups is 1. The zero-order valence-corrected chi connectivity index (χ0v) is 10.1. The maximum Gasteiger partial charge on any atom is 0.137 e. The third-order valence-electron chi connectivity index (χ3n) is 2.55. The monoisotopic (exact) mass is 200 g/mol. The molecule has 0 fully saturated rings. The maximum absolute atomic E-state index is 11.2. The minimum absolute atomic E-state index is 0.172. The van der Waals surface area contributed by atoms with Crippen LogP contribution in [0.25, 0.3) is 0 Å². The predicted octanol–water partition coefficient (Wildman–Crippen LogP) is 3.41. The number of ketones is 1. The van der Waals surface area contributed by atoms with Gasteiger partial charge in [0.1, 0.15) is 5.78 Å².